The standard InChI is InChI=1S/C9H10O4S2/c1-15(12,14)13-6-7-2-4-8(5-3-7)9(10)11/h2-5H,6H2,1H3,(H,10,11). The molecule has 0 aliphatic heterocycles. The van der Waals surface area contributed by atoms with E-state index in [2.05, 4.69) is 11.2 Å². The van der Waals surface area contributed by atoms with E-state index < -0.39 is 14.7 Å². The number of hydrogen-bond acceptors (Lipinski definition) is 4. The third-order valence-electron chi connectivity index (χ3n) is 1.64. The van der Waals surface area contributed by atoms with Crippen molar-refractivity contribution in [2.75, 3.05) is 6.26 Å². The van der Waals surface area contributed by atoms with Gasteiger partial charge in [0, 0.05) is 17.4 Å². The van der Waals surface area contributed by atoms with Crippen molar-refractivity contribution in [1.82, 2.24) is 0 Å². The molecule has 0 radical (unpaired) electrons. The second-order valence-electron chi connectivity index (χ2n) is 2.97. The van der Waals surface area contributed by atoms with Crippen LogP contribution >= 0.6 is 0 Å². The van der Waals surface area contributed by atoms with Gasteiger partial charge in [-0.25, -0.2) is 9.00 Å². The average molecular weight is 246 g/mol. The van der Waals surface area contributed by atoms with Crippen molar-refractivity contribution >= 4 is 25.9 Å². The molecule has 1 aromatic rings. The molecule has 0 aromatic heterocycles. The van der Waals surface area contributed by atoms with Crippen LogP contribution in [0.3, 0.4) is 0 Å². The molecule has 1 atom stereocenters. The number of carbonyl (C=O) groups is 1. The van der Waals surface area contributed by atoms with Crippen LogP contribution < -0.4 is 0 Å². The Morgan fingerprint density at radius 2 is 2.00 bits per heavy atom. The first kappa shape index (κ1) is 12.1. The van der Waals surface area contributed by atoms with Crippen LogP contribution in [0.1, 0.15) is 15.9 Å². The van der Waals surface area contributed by atoms with Gasteiger partial charge in [-0.3, -0.25) is 4.18 Å². The molecule has 6 heteroatoms. The van der Waals surface area contributed by atoms with Crippen molar-refractivity contribution < 1.29 is 18.3 Å². The van der Waals surface area contributed by atoms with Gasteiger partial charge in [-0.2, -0.15) is 0 Å². The third-order valence-corrected chi connectivity index (χ3v) is 2.48. The lowest BCUT2D eigenvalue weighted by molar-refractivity contribution is 0.0697. The van der Waals surface area contributed by atoms with Gasteiger partial charge in [0.05, 0.1) is 12.2 Å². The lowest BCUT2D eigenvalue weighted by atomic mass is 10.1. The molecule has 1 aromatic carbocycles. The Bertz CT molecular complexity index is 448. The van der Waals surface area contributed by atoms with E-state index in [4.69, 9.17) is 9.29 Å². The van der Waals surface area contributed by atoms with E-state index in [0.29, 0.717) is 0 Å². The predicted molar refractivity (Wildman–Crippen MR) is 59.6 cm³/mol. The normalized spacial score (nSPS) is 14.5. The first-order chi connectivity index (χ1) is 6.88. The Morgan fingerprint density at radius 3 is 2.40 bits per heavy atom. The fourth-order valence-electron chi connectivity index (χ4n) is 0.919. The highest BCUT2D eigenvalue weighted by Crippen LogP contribution is 2.07. The molecule has 4 nitrogen and oxygen atoms in total. The molecule has 1 unspecified atom stereocenters. The van der Waals surface area contributed by atoms with Gasteiger partial charge in [-0.05, 0) is 17.7 Å². The van der Waals surface area contributed by atoms with Crippen molar-refractivity contribution in [1.29, 1.82) is 0 Å². The van der Waals surface area contributed by atoms with Gasteiger partial charge in [0.1, 0.15) is 8.77 Å². The molecular weight excluding hydrogens is 236 g/mol. The zero-order valence-electron chi connectivity index (χ0n) is 8.00. The molecule has 0 aliphatic carbocycles. The summed E-state index contributed by atoms with van der Waals surface area (Å²) in [5, 5.41) is 8.64. The number of rotatable bonds is 4. The van der Waals surface area contributed by atoms with E-state index in [1.165, 1.54) is 18.4 Å². The molecule has 0 saturated carbocycles. The molecule has 0 bridgehead atoms. The molecule has 82 valence electrons. The third kappa shape index (κ3) is 4.37. The van der Waals surface area contributed by atoms with Crippen LogP contribution in [0.4, 0.5) is 0 Å². The molecule has 0 spiro atoms. The summed E-state index contributed by atoms with van der Waals surface area (Å²) in [4.78, 5) is 10.5. The van der Waals surface area contributed by atoms with Crippen molar-refractivity contribution in [3.05, 3.63) is 35.4 Å². The maximum Gasteiger partial charge on any atom is 0.335 e. The Balaban J connectivity index is 2.69. The molecule has 0 heterocycles. The molecular formula is C9H10O4S2. The quantitative estimate of drug-likeness (QED) is 0.864. The van der Waals surface area contributed by atoms with Gasteiger partial charge in [0.25, 0.3) is 0 Å². The fraction of sp³-hybridized carbons (Fsp3) is 0.222. The fourth-order valence-corrected chi connectivity index (χ4v) is 1.41. The summed E-state index contributed by atoms with van der Waals surface area (Å²) in [6.07, 6.45) is 1.33. The van der Waals surface area contributed by atoms with Gasteiger partial charge < -0.3 is 5.11 Å². The summed E-state index contributed by atoms with van der Waals surface area (Å²) in [6.45, 7) is 0.124. The average Bonchev–Trinajstić information content (AvgIpc) is 2.14. The monoisotopic (exact) mass is 246 g/mol. The van der Waals surface area contributed by atoms with Crippen LogP contribution in [0.5, 0.6) is 0 Å². The molecule has 15 heavy (non-hydrogen) atoms. The lowest BCUT2D eigenvalue weighted by Crippen LogP contribution is -2.02. The van der Waals surface area contributed by atoms with Crippen LogP contribution in [0.25, 0.3) is 0 Å². The minimum Gasteiger partial charge on any atom is -0.478 e. The van der Waals surface area contributed by atoms with Crippen LogP contribution in [0.15, 0.2) is 24.3 Å². The number of benzene rings is 1. The van der Waals surface area contributed by atoms with Crippen molar-refractivity contribution in [2.24, 2.45) is 0 Å². The molecule has 1 N–H and O–H groups in total. The largest absolute Gasteiger partial charge is 0.478 e. The molecule has 0 saturated heterocycles. The smallest absolute Gasteiger partial charge is 0.335 e. The Kier molecular flexibility index (Phi) is 3.78. The molecule has 0 aliphatic rings. The maximum absolute atomic E-state index is 11.0. The lowest BCUT2D eigenvalue weighted by Gasteiger charge is -2.03. The highest BCUT2D eigenvalue weighted by molar-refractivity contribution is 8.29. The van der Waals surface area contributed by atoms with Crippen molar-refractivity contribution in [3.8, 4) is 0 Å². The Hall–Kier alpha value is -0.980. The summed E-state index contributed by atoms with van der Waals surface area (Å²) in [5.74, 6) is -0.981. The van der Waals surface area contributed by atoms with Crippen LogP contribution in [-0.2, 0) is 30.8 Å². The zero-order valence-corrected chi connectivity index (χ0v) is 9.64. The number of aromatic carboxylic acids is 1. The Labute approximate surface area is 92.8 Å². The van der Waals surface area contributed by atoms with E-state index in [1.54, 1.807) is 12.1 Å². The highest BCUT2D eigenvalue weighted by Gasteiger charge is 2.03. The SMILES string of the molecule is CS(=O)(=S)OCc1ccc(C(=O)O)cc1. The number of carboxylic acid groups (broad SMARTS) is 1. The highest BCUT2D eigenvalue weighted by atomic mass is 32.8. The first-order valence-corrected chi connectivity index (χ1v) is 6.87. The second-order valence-corrected chi connectivity index (χ2v) is 6.43. The Morgan fingerprint density at radius 1 is 1.47 bits per heavy atom. The molecule has 1 rings (SSSR count). The van der Waals surface area contributed by atoms with E-state index in [-0.39, 0.29) is 12.2 Å². The van der Waals surface area contributed by atoms with Crippen LogP contribution in [0, 0.1) is 0 Å². The summed E-state index contributed by atoms with van der Waals surface area (Å²) in [7, 11) is -2.63. The molecule has 0 amide bonds. The maximum atomic E-state index is 11.0. The van der Waals surface area contributed by atoms with Gasteiger partial charge in [-0.1, -0.05) is 12.1 Å². The first-order valence-electron chi connectivity index (χ1n) is 4.05. The van der Waals surface area contributed by atoms with Crippen LogP contribution in [-0.4, -0.2) is 21.5 Å². The topological polar surface area (TPSA) is 63.6 Å². The van der Waals surface area contributed by atoms with Gasteiger partial charge in [-0.15, -0.1) is 0 Å². The summed E-state index contributed by atoms with van der Waals surface area (Å²) < 4.78 is 15.9. The van der Waals surface area contributed by atoms with E-state index >= 15 is 0 Å². The number of hydrogen-bond donors (Lipinski definition) is 1. The summed E-state index contributed by atoms with van der Waals surface area (Å²) in [6, 6.07) is 6.12. The van der Waals surface area contributed by atoms with Gasteiger partial charge >= 0.3 is 5.97 Å². The van der Waals surface area contributed by atoms with Crippen LogP contribution in [0.2, 0.25) is 0 Å². The van der Waals surface area contributed by atoms with Crippen molar-refractivity contribution in [3.63, 3.8) is 0 Å². The number of carboxylic acids is 1. The summed E-state index contributed by atoms with van der Waals surface area (Å²) in [5.41, 5.74) is 0.939. The molecule has 0 fully saturated rings. The van der Waals surface area contributed by atoms with Gasteiger partial charge in [0.15, 0.2) is 0 Å². The van der Waals surface area contributed by atoms with E-state index in [1.807, 2.05) is 0 Å². The van der Waals surface area contributed by atoms with E-state index in [9.17, 15) is 9.00 Å². The van der Waals surface area contributed by atoms with E-state index in [0.717, 1.165) is 5.56 Å². The predicted octanol–water partition coefficient (Wildman–Crippen LogP) is 1.19. The second kappa shape index (κ2) is 4.69. The van der Waals surface area contributed by atoms with Gasteiger partial charge in [0.2, 0.25) is 0 Å². The minimum absolute atomic E-state index is 0.124. The zero-order chi connectivity index (χ0) is 11.5. The minimum atomic E-state index is -2.63. The summed E-state index contributed by atoms with van der Waals surface area (Å²) >= 11 is 4.56. The van der Waals surface area contributed by atoms with Crippen molar-refractivity contribution in [2.45, 2.75) is 6.61 Å².